The van der Waals surface area contributed by atoms with Crippen molar-refractivity contribution >= 4 is 45.5 Å². The van der Waals surface area contributed by atoms with Gasteiger partial charge in [-0.25, -0.2) is 0 Å². The van der Waals surface area contributed by atoms with Crippen molar-refractivity contribution < 1.29 is 39.6 Å². The third kappa shape index (κ3) is 15.1. The molecule has 23 heavy (non-hydrogen) atoms. The molecular formula is C10H19N3O8S2. The summed E-state index contributed by atoms with van der Waals surface area (Å²) in [7, 11) is 2.41. The number of carbonyl (C=O) groups is 4. The molecule has 13 heteroatoms. The molecule has 134 valence electrons. The second-order valence-electron chi connectivity index (χ2n) is 4.00. The van der Waals surface area contributed by atoms with Gasteiger partial charge in [0.05, 0.1) is 6.42 Å². The topological polar surface area (TPSA) is 227 Å². The minimum atomic E-state index is -1.29. The summed E-state index contributed by atoms with van der Waals surface area (Å²) in [4.78, 5) is 40.2. The first kappa shape index (κ1) is 23.7. The Morgan fingerprint density at radius 2 is 1.00 bits per heavy atom. The molecule has 0 heterocycles. The van der Waals surface area contributed by atoms with Gasteiger partial charge >= 0.3 is 23.9 Å². The van der Waals surface area contributed by atoms with Crippen LogP contribution < -0.4 is 17.2 Å². The van der Waals surface area contributed by atoms with Gasteiger partial charge in [-0.1, -0.05) is 21.6 Å². The van der Waals surface area contributed by atoms with Crippen molar-refractivity contribution in [2.75, 3.05) is 11.5 Å². The molecule has 0 saturated carbocycles. The van der Waals surface area contributed by atoms with Gasteiger partial charge in [0, 0.05) is 11.5 Å². The molecule has 0 spiro atoms. The maximum Gasteiger partial charge on any atom is 0.321 e. The normalized spacial score (nSPS) is 13.9. The molecule has 0 fully saturated rings. The van der Waals surface area contributed by atoms with E-state index in [1.165, 1.54) is 21.6 Å². The molecule has 0 aromatic heterocycles. The predicted octanol–water partition coefficient (Wildman–Crippen LogP) is -1.94. The molecular weight excluding hydrogens is 354 g/mol. The Labute approximate surface area is 139 Å². The highest BCUT2D eigenvalue weighted by Gasteiger charge is 2.15. The fourth-order valence-electron chi connectivity index (χ4n) is 0.661. The maximum atomic E-state index is 10.3. The quantitative estimate of drug-likeness (QED) is 0.163. The van der Waals surface area contributed by atoms with E-state index < -0.39 is 48.4 Å². The molecule has 0 amide bonds. The highest BCUT2D eigenvalue weighted by molar-refractivity contribution is 8.76. The van der Waals surface area contributed by atoms with Gasteiger partial charge in [-0.3, -0.25) is 19.2 Å². The minimum absolute atomic E-state index is 0.229. The van der Waals surface area contributed by atoms with Crippen LogP contribution in [0.2, 0.25) is 0 Å². The molecule has 0 aromatic rings. The number of rotatable bonds is 10. The summed E-state index contributed by atoms with van der Waals surface area (Å²) in [5.74, 6) is -4.18. The summed E-state index contributed by atoms with van der Waals surface area (Å²) in [6.45, 7) is 0. The first-order valence-electron chi connectivity index (χ1n) is 5.90. The highest BCUT2D eigenvalue weighted by Crippen LogP contribution is 2.22. The van der Waals surface area contributed by atoms with Crippen LogP contribution in [-0.2, 0) is 19.2 Å². The van der Waals surface area contributed by atoms with E-state index in [4.69, 9.17) is 37.6 Å². The van der Waals surface area contributed by atoms with Gasteiger partial charge in [-0.05, 0) is 0 Å². The van der Waals surface area contributed by atoms with Gasteiger partial charge in [-0.2, -0.15) is 0 Å². The van der Waals surface area contributed by atoms with Crippen LogP contribution in [0.1, 0.15) is 6.42 Å². The minimum Gasteiger partial charge on any atom is -0.481 e. The number of nitrogens with two attached hydrogens (primary N) is 3. The summed E-state index contributed by atoms with van der Waals surface area (Å²) >= 11 is 0. The smallest absolute Gasteiger partial charge is 0.321 e. The molecule has 0 aromatic carbocycles. The van der Waals surface area contributed by atoms with Gasteiger partial charge < -0.3 is 37.6 Å². The molecule has 10 N–H and O–H groups in total. The molecule has 0 saturated heterocycles. The molecule has 0 radical (unpaired) electrons. The van der Waals surface area contributed by atoms with E-state index in [0.29, 0.717) is 0 Å². The average molecular weight is 373 g/mol. The van der Waals surface area contributed by atoms with Crippen LogP contribution in [0.15, 0.2) is 0 Å². The number of hydrogen-bond donors (Lipinski definition) is 7. The lowest BCUT2D eigenvalue weighted by atomic mass is 10.2. The molecule has 3 atom stereocenters. The van der Waals surface area contributed by atoms with Crippen molar-refractivity contribution in [3.63, 3.8) is 0 Å². The Morgan fingerprint density at radius 1 is 0.696 bits per heavy atom. The summed E-state index contributed by atoms with van der Waals surface area (Å²) in [5, 5.41) is 32.9. The van der Waals surface area contributed by atoms with Crippen molar-refractivity contribution in [2.24, 2.45) is 17.2 Å². The van der Waals surface area contributed by atoms with Crippen molar-refractivity contribution in [2.45, 2.75) is 24.5 Å². The molecule has 3 unspecified atom stereocenters. The van der Waals surface area contributed by atoms with E-state index in [2.05, 4.69) is 0 Å². The van der Waals surface area contributed by atoms with E-state index in [1.54, 1.807) is 0 Å². The van der Waals surface area contributed by atoms with Crippen LogP contribution in [0.25, 0.3) is 0 Å². The van der Waals surface area contributed by atoms with E-state index in [-0.39, 0.29) is 11.5 Å². The number of hydrogen-bond acceptors (Lipinski definition) is 9. The molecule has 11 nitrogen and oxygen atoms in total. The van der Waals surface area contributed by atoms with Crippen LogP contribution in [0.5, 0.6) is 0 Å². The van der Waals surface area contributed by atoms with Crippen LogP contribution in [-0.4, -0.2) is 73.9 Å². The Balaban J connectivity index is 0. The number of carboxylic acid groups (broad SMARTS) is 4. The zero-order chi connectivity index (χ0) is 18.6. The van der Waals surface area contributed by atoms with Crippen LogP contribution in [0.3, 0.4) is 0 Å². The average Bonchev–Trinajstić information content (AvgIpc) is 2.42. The van der Waals surface area contributed by atoms with Gasteiger partial charge in [0.2, 0.25) is 0 Å². The number of aliphatic carboxylic acids is 4. The fourth-order valence-corrected chi connectivity index (χ4v) is 2.89. The third-order valence-corrected chi connectivity index (χ3v) is 4.40. The zero-order valence-corrected chi connectivity index (χ0v) is 13.5. The first-order chi connectivity index (χ1) is 10.5. The van der Waals surface area contributed by atoms with E-state index in [9.17, 15) is 19.2 Å². The van der Waals surface area contributed by atoms with Crippen LogP contribution in [0.4, 0.5) is 0 Å². The molecule has 0 aliphatic carbocycles. The van der Waals surface area contributed by atoms with Gasteiger partial charge in [0.15, 0.2) is 0 Å². The Hall–Kier alpha value is -1.54. The lowest BCUT2D eigenvalue weighted by Crippen LogP contribution is -2.33. The van der Waals surface area contributed by atoms with Gasteiger partial charge in [0.1, 0.15) is 18.1 Å². The first-order valence-corrected chi connectivity index (χ1v) is 8.39. The second kappa shape index (κ2) is 13.0. The Kier molecular flexibility index (Phi) is 13.4. The monoisotopic (exact) mass is 373 g/mol. The van der Waals surface area contributed by atoms with Crippen LogP contribution >= 0.6 is 21.6 Å². The molecule has 0 rings (SSSR count). The molecule has 0 bridgehead atoms. The van der Waals surface area contributed by atoms with Crippen molar-refractivity contribution in [3.05, 3.63) is 0 Å². The van der Waals surface area contributed by atoms with Gasteiger partial charge in [-0.15, -0.1) is 0 Å². The fraction of sp³-hybridized carbons (Fsp3) is 0.600. The predicted molar refractivity (Wildman–Crippen MR) is 84.0 cm³/mol. The maximum absolute atomic E-state index is 10.3. The largest absolute Gasteiger partial charge is 0.481 e. The molecule has 0 aliphatic heterocycles. The van der Waals surface area contributed by atoms with Crippen molar-refractivity contribution in [3.8, 4) is 0 Å². The second-order valence-corrected chi connectivity index (χ2v) is 6.55. The third-order valence-electron chi connectivity index (χ3n) is 1.92. The highest BCUT2D eigenvalue weighted by atomic mass is 33.1. The Bertz CT molecular complexity index is 401. The zero-order valence-electron chi connectivity index (χ0n) is 11.8. The van der Waals surface area contributed by atoms with Gasteiger partial charge in [0.25, 0.3) is 0 Å². The standard InChI is InChI=1S/C6H12N2O4S2.C4H7NO4/c7-3(5(9)10)1-13-14-2-4(8)6(11)12;5-2(4(8)9)1-3(6)7/h3-4H,1-2,7-8H2,(H,9,10)(H,11,12);2H,1,5H2,(H,6,7)(H,8,9). The van der Waals surface area contributed by atoms with Crippen molar-refractivity contribution in [1.29, 1.82) is 0 Å². The Morgan fingerprint density at radius 3 is 1.17 bits per heavy atom. The summed E-state index contributed by atoms with van der Waals surface area (Å²) in [6.07, 6.45) is -0.532. The SMILES string of the molecule is NC(CC(=O)O)C(=O)O.NC(CSSCC(N)C(=O)O)C(=O)O. The lowest BCUT2D eigenvalue weighted by molar-refractivity contribution is -0.144. The lowest BCUT2D eigenvalue weighted by Gasteiger charge is -2.07. The van der Waals surface area contributed by atoms with E-state index >= 15 is 0 Å². The summed E-state index contributed by atoms with van der Waals surface area (Å²) in [5.41, 5.74) is 15.3. The number of carboxylic acids is 4. The molecule has 0 aliphatic rings. The summed E-state index contributed by atoms with van der Waals surface area (Å²) in [6, 6.07) is -3.13. The van der Waals surface area contributed by atoms with E-state index in [1.807, 2.05) is 0 Å². The van der Waals surface area contributed by atoms with Crippen molar-refractivity contribution in [1.82, 2.24) is 0 Å². The van der Waals surface area contributed by atoms with Crippen LogP contribution in [0, 0.1) is 0 Å². The summed E-state index contributed by atoms with van der Waals surface area (Å²) < 4.78 is 0. The van der Waals surface area contributed by atoms with E-state index in [0.717, 1.165) is 0 Å².